The number of amides is 1. The lowest BCUT2D eigenvalue weighted by Gasteiger charge is -2.42. The highest BCUT2D eigenvalue weighted by atomic mass is 19.4. The molecule has 0 saturated carbocycles. The molecule has 1 aromatic carbocycles. The molecule has 6 nitrogen and oxygen atoms in total. The number of rotatable bonds is 5. The molecule has 2 aliphatic heterocycles. The number of hydrazine groups is 1. The first-order valence-corrected chi connectivity index (χ1v) is 9.55. The highest BCUT2D eigenvalue weighted by molar-refractivity contribution is 5.81. The van der Waals surface area contributed by atoms with Crippen LogP contribution in [0, 0.1) is 11.8 Å². The average Bonchev–Trinajstić information content (AvgIpc) is 3.00. The van der Waals surface area contributed by atoms with E-state index in [9.17, 15) is 22.4 Å². The summed E-state index contributed by atoms with van der Waals surface area (Å²) in [5.41, 5.74) is 3.03. The van der Waals surface area contributed by atoms with Gasteiger partial charge in [-0.1, -0.05) is 26.0 Å². The van der Waals surface area contributed by atoms with E-state index < -0.39 is 42.8 Å². The van der Waals surface area contributed by atoms with Gasteiger partial charge in [-0.05, 0) is 37.7 Å². The van der Waals surface area contributed by atoms with E-state index in [-0.39, 0.29) is 17.9 Å². The first-order chi connectivity index (χ1) is 13.5. The van der Waals surface area contributed by atoms with Crippen molar-refractivity contribution >= 4 is 5.91 Å². The summed E-state index contributed by atoms with van der Waals surface area (Å²) < 4.78 is 52.5. The van der Waals surface area contributed by atoms with E-state index in [2.05, 4.69) is 16.1 Å². The van der Waals surface area contributed by atoms with Crippen molar-refractivity contribution in [3.8, 4) is 0 Å². The van der Waals surface area contributed by atoms with Gasteiger partial charge in [-0.3, -0.25) is 15.0 Å². The van der Waals surface area contributed by atoms with Gasteiger partial charge in [0.05, 0.1) is 29.7 Å². The Bertz CT molecular complexity index is 724. The lowest BCUT2D eigenvalue weighted by molar-refractivity contribution is -0.137. The van der Waals surface area contributed by atoms with Gasteiger partial charge in [-0.15, -0.1) is 0 Å². The van der Waals surface area contributed by atoms with E-state index in [4.69, 9.17) is 0 Å². The summed E-state index contributed by atoms with van der Waals surface area (Å²) in [6.45, 7) is 3.14. The maximum absolute atomic E-state index is 13.7. The van der Waals surface area contributed by atoms with Crippen molar-refractivity contribution < 1.29 is 22.4 Å². The number of hydrogen-bond acceptors (Lipinski definition) is 5. The molecule has 2 heterocycles. The van der Waals surface area contributed by atoms with Crippen LogP contribution in [-0.4, -0.2) is 55.1 Å². The number of nitrogens with zero attached hydrogens (tertiary/aromatic N) is 2. The number of nitrogens with one attached hydrogen (secondary N) is 3. The third kappa shape index (κ3) is 4.25. The SMILES string of the molecule is CC(C)[C@@H](c1ccc(C(F)(F)F)cc1)N1NC(CF)C2C(=O)NC(N(C)C)NC21. The fourth-order valence-electron chi connectivity index (χ4n) is 4.09. The Labute approximate surface area is 167 Å². The fourth-order valence-corrected chi connectivity index (χ4v) is 4.09. The molecule has 2 fully saturated rings. The number of carbonyl (C=O) groups is 1. The molecular formula is C19H27F4N5O. The molecule has 0 aliphatic carbocycles. The molecule has 0 spiro atoms. The van der Waals surface area contributed by atoms with Gasteiger partial charge < -0.3 is 5.32 Å². The molecule has 5 atom stereocenters. The minimum Gasteiger partial charge on any atom is -0.327 e. The molecule has 3 N–H and O–H groups in total. The Morgan fingerprint density at radius 2 is 1.79 bits per heavy atom. The quantitative estimate of drug-likeness (QED) is 0.641. The van der Waals surface area contributed by atoms with Crippen molar-refractivity contribution in [2.45, 2.75) is 44.6 Å². The van der Waals surface area contributed by atoms with Crippen molar-refractivity contribution in [3.05, 3.63) is 35.4 Å². The number of hydrogen-bond donors (Lipinski definition) is 3. The van der Waals surface area contributed by atoms with Crippen LogP contribution >= 0.6 is 0 Å². The molecule has 4 unspecified atom stereocenters. The first-order valence-electron chi connectivity index (χ1n) is 9.55. The van der Waals surface area contributed by atoms with Crippen LogP contribution in [-0.2, 0) is 11.0 Å². The fraction of sp³-hybridized carbons (Fsp3) is 0.632. The second kappa shape index (κ2) is 8.17. The van der Waals surface area contributed by atoms with Crippen LogP contribution in [0.2, 0.25) is 0 Å². The molecule has 29 heavy (non-hydrogen) atoms. The van der Waals surface area contributed by atoms with Gasteiger partial charge in [0, 0.05) is 0 Å². The summed E-state index contributed by atoms with van der Waals surface area (Å²) in [6, 6.07) is 3.91. The van der Waals surface area contributed by atoms with Crippen LogP contribution in [0.4, 0.5) is 17.6 Å². The standard InChI is InChI=1S/C19H27F4N5O/c1-10(2)15(11-5-7-12(8-6-11)19(21,22)23)28-16-14(13(9-20)26-28)17(29)25-18(24-16)27(3)4/h5-8,10,13-16,18,24,26H,9H2,1-4H3,(H,25,29)/t13?,14?,15-,16?,18?/m0/s1. The summed E-state index contributed by atoms with van der Waals surface area (Å²) in [5.74, 6) is -0.935. The molecule has 1 aromatic rings. The Balaban J connectivity index is 1.94. The summed E-state index contributed by atoms with van der Waals surface area (Å²) in [5, 5.41) is 7.92. The van der Waals surface area contributed by atoms with Gasteiger partial charge in [0.25, 0.3) is 0 Å². The van der Waals surface area contributed by atoms with Gasteiger partial charge >= 0.3 is 6.18 Å². The molecule has 0 radical (unpaired) electrons. The molecule has 3 rings (SSSR count). The molecule has 0 bridgehead atoms. The monoisotopic (exact) mass is 417 g/mol. The maximum Gasteiger partial charge on any atom is 0.416 e. The third-order valence-electron chi connectivity index (χ3n) is 5.49. The Kier molecular flexibility index (Phi) is 6.19. The van der Waals surface area contributed by atoms with Crippen LogP contribution in [0.25, 0.3) is 0 Å². The first kappa shape index (κ1) is 21.9. The summed E-state index contributed by atoms with van der Waals surface area (Å²) in [6.07, 6.45) is -5.36. The van der Waals surface area contributed by atoms with Gasteiger partial charge in [0.2, 0.25) is 5.91 Å². The van der Waals surface area contributed by atoms with Crippen molar-refractivity contribution in [2.24, 2.45) is 11.8 Å². The number of carbonyl (C=O) groups excluding carboxylic acids is 1. The summed E-state index contributed by atoms with van der Waals surface area (Å²) >= 11 is 0. The van der Waals surface area contributed by atoms with Crippen LogP contribution in [0.3, 0.4) is 0 Å². The van der Waals surface area contributed by atoms with Crippen molar-refractivity contribution in [1.82, 2.24) is 26.0 Å². The van der Waals surface area contributed by atoms with Crippen LogP contribution in [0.1, 0.15) is 31.0 Å². The normalized spacial score (nSPS) is 29.2. The molecule has 10 heteroatoms. The Hall–Kier alpha value is -1.75. The second-order valence-electron chi connectivity index (χ2n) is 8.12. The van der Waals surface area contributed by atoms with Crippen LogP contribution < -0.4 is 16.1 Å². The maximum atomic E-state index is 13.7. The lowest BCUT2D eigenvalue weighted by Crippen LogP contribution is -2.68. The topological polar surface area (TPSA) is 59.6 Å². The number of benzene rings is 1. The summed E-state index contributed by atoms with van der Waals surface area (Å²) in [4.78, 5) is 14.4. The molecule has 2 aliphatic rings. The molecule has 162 valence electrons. The zero-order valence-electron chi connectivity index (χ0n) is 16.8. The lowest BCUT2D eigenvalue weighted by atomic mass is 9.92. The zero-order valence-corrected chi connectivity index (χ0v) is 16.8. The van der Waals surface area contributed by atoms with Gasteiger partial charge in [0.15, 0.2) is 0 Å². The van der Waals surface area contributed by atoms with Crippen molar-refractivity contribution in [2.75, 3.05) is 20.8 Å². The molecule has 2 saturated heterocycles. The van der Waals surface area contributed by atoms with Gasteiger partial charge in [-0.2, -0.15) is 13.2 Å². The highest BCUT2D eigenvalue weighted by Crippen LogP contribution is 2.37. The Morgan fingerprint density at radius 3 is 2.28 bits per heavy atom. The highest BCUT2D eigenvalue weighted by Gasteiger charge is 2.52. The molecular weight excluding hydrogens is 390 g/mol. The number of halogens is 4. The smallest absolute Gasteiger partial charge is 0.327 e. The zero-order chi connectivity index (χ0) is 21.5. The average molecular weight is 417 g/mol. The van der Waals surface area contributed by atoms with Crippen LogP contribution in [0.5, 0.6) is 0 Å². The van der Waals surface area contributed by atoms with Crippen molar-refractivity contribution in [3.63, 3.8) is 0 Å². The summed E-state index contributed by atoms with van der Waals surface area (Å²) in [7, 11) is 3.60. The van der Waals surface area contributed by atoms with Gasteiger partial charge in [-0.25, -0.2) is 14.8 Å². The van der Waals surface area contributed by atoms with E-state index >= 15 is 0 Å². The van der Waals surface area contributed by atoms with E-state index in [1.54, 1.807) is 24.0 Å². The van der Waals surface area contributed by atoms with Crippen LogP contribution in [0.15, 0.2) is 24.3 Å². The Morgan fingerprint density at radius 1 is 1.17 bits per heavy atom. The van der Waals surface area contributed by atoms with E-state index in [0.717, 1.165) is 12.1 Å². The number of fused-ring (bicyclic) bond motifs is 1. The van der Waals surface area contributed by atoms with Crippen molar-refractivity contribution in [1.29, 1.82) is 0 Å². The van der Waals surface area contributed by atoms with E-state index in [0.29, 0.717) is 5.56 Å². The molecule has 0 aromatic heterocycles. The third-order valence-corrected chi connectivity index (χ3v) is 5.49. The number of alkyl halides is 4. The van der Waals surface area contributed by atoms with E-state index in [1.807, 2.05) is 13.8 Å². The second-order valence-corrected chi connectivity index (χ2v) is 8.12. The van der Waals surface area contributed by atoms with E-state index in [1.165, 1.54) is 12.1 Å². The minimum atomic E-state index is -4.41. The molecule has 1 amide bonds. The predicted molar refractivity (Wildman–Crippen MR) is 99.8 cm³/mol. The van der Waals surface area contributed by atoms with Gasteiger partial charge in [0.1, 0.15) is 13.0 Å². The predicted octanol–water partition coefficient (Wildman–Crippen LogP) is 2.07. The minimum absolute atomic E-state index is 0.0113. The largest absolute Gasteiger partial charge is 0.416 e.